The first kappa shape index (κ1) is 16.8. The molecule has 0 atom stereocenters. The monoisotopic (exact) mass is 308 g/mol. The van der Waals surface area contributed by atoms with Crippen molar-refractivity contribution in [2.45, 2.75) is 13.8 Å². The molecule has 0 unspecified atom stereocenters. The Labute approximate surface area is 138 Å². The van der Waals surface area contributed by atoms with Crippen molar-refractivity contribution in [2.75, 3.05) is 24.3 Å². The van der Waals surface area contributed by atoms with Gasteiger partial charge in [-0.3, -0.25) is 4.79 Å². The average molecular weight is 308 g/mol. The average Bonchev–Trinajstić information content (AvgIpc) is 2.54. The van der Waals surface area contributed by atoms with Crippen LogP contribution >= 0.6 is 0 Å². The minimum absolute atomic E-state index is 0.0142. The van der Waals surface area contributed by atoms with Gasteiger partial charge < -0.3 is 10.2 Å². The van der Waals surface area contributed by atoms with Gasteiger partial charge in [0.1, 0.15) is 0 Å². The van der Waals surface area contributed by atoms with Crippen LogP contribution in [-0.2, 0) is 4.79 Å². The summed E-state index contributed by atoms with van der Waals surface area (Å²) in [6.45, 7) is 3.77. The summed E-state index contributed by atoms with van der Waals surface area (Å²) < 4.78 is 0. The predicted octanol–water partition coefficient (Wildman–Crippen LogP) is 4.52. The Hall–Kier alpha value is -2.55. The van der Waals surface area contributed by atoms with Crippen molar-refractivity contribution < 1.29 is 4.79 Å². The normalized spacial score (nSPS) is 11.0. The van der Waals surface area contributed by atoms with Gasteiger partial charge in [-0.05, 0) is 35.4 Å². The van der Waals surface area contributed by atoms with Crippen molar-refractivity contribution in [3.63, 3.8) is 0 Å². The standard InChI is InChI=1S/C20H24N2O/c1-15(2)20(23)21-18-11-7-16(8-12-18)5-6-17-9-13-19(14-10-17)22(3)4/h5-15H,1-4H3,(H,21,23). The first-order valence-electron chi connectivity index (χ1n) is 7.82. The topological polar surface area (TPSA) is 32.3 Å². The maximum absolute atomic E-state index is 11.7. The first-order chi connectivity index (χ1) is 11.0. The number of benzene rings is 2. The lowest BCUT2D eigenvalue weighted by atomic mass is 10.1. The first-order valence-corrected chi connectivity index (χ1v) is 7.82. The van der Waals surface area contributed by atoms with E-state index in [0.29, 0.717) is 0 Å². The number of hydrogen-bond acceptors (Lipinski definition) is 2. The van der Waals surface area contributed by atoms with Crippen molar-refractivity contribution in [3.8, 4) is 0 Å². The Balaban J connectivity index is 2.01. The second kappa shape index (κ2) is 7.63. The maximum atomic E-state index is 11.7. The van der Waals surface area contributed by atoms with Crippen LogP contribution in [0.1, 0.15) is 25.0 Å². The number of hydrogen-bond donors (Lipinski definition) is 1. The summed E-state index contributed by atoms with van der Waals surface area (Å²) in [5.74, 6) is 0.0222. The summed E-state index contributed by atoms with van der Waals surface area (Å²) in [6.07, 6.45) is 4.15. The number of anilines is 2. The molecule has 0 bridgehead atoms. The van der Waals surface area contributed by atoms with Crippen LogP contribution in [0.4, 0.5) is 11.4 Å². The van der Waals surface area contributed by atoms with Crippen LogP contribution in [0.3, 0.4) is 0 Å². The summed E-state index contributed by atoms with van der Waals surface area (Å²) in [5, 5.41) is 2.89. The summed E-state index contributed by atoms with van der Waals surface area (Å²) >= 11 is 0. The molecule has 2 aromatic rings. The molecule has 0 fully saturated rings. The van der Waals surface area contributed by atoms with Gasteiger partial charge in [0.15, 0.2) is 0 Å². The molecule has 2 rings (SSSR count). The second-order valence-electron chi connectivity index (χ2n) is 6.09. The van der Waals surface area contributed by atoms with Crippen LogP contribution in [-0.4, -0.2) is 20.0 Å². The van der Waals surface area contributed by atoms with E-state index in [1.807, 2.05) is 52.2 Å². The van der Waals surface area contributed by atoms with Crippen molar-refractivity contribution in [1.29, 1.82) is 0 Å². The molecule has 0 saturated carbocycles. The van der Waals surface area contributed by atoms with Crippen LogP contribution in [0.2, 0.25) is 0 Å². The molecule has 3 nitrogen and oxygen atoms in total. The van der Waals surface area contributed by atoms with E-state index in [4.69, 9.17) is 0 Å². The highest BCUT2D eigenvalue weighted by Gasteiger charge is 2.06. The fraction of sp³-hybridized carbons (Fsp3) is 0.250. The van der Waals surface area contributed by atoms with Gasteiger partial charge in [0.05, 0.1) is 0 Å². The van der Waals surface area contributed by atoms with Crippen LogP contribution < -0.4 is 10.2 Å². The van der Waals surface area contributed by atoms with E-state index in [1.165, 1.54) is 5.69 Å². The van der Waals surface area contributed by atoms with Gasteiger partial charge in [-0.1, -0.05) is 50.3 Å². The van der Waals surface area contributed by atoms with Crippen molar-refractivity contribution in [2.24, 2.45) is 5.92 Å². The number of rotatable bonds is 5. The quantitative estimate of drug-likeness (QED) is 0.824. The molecule has 0 spiro atoms. The molecule has 0 aliphatic carbocycles. The summed E-state index contributed by atoms with van der Waals surface area (Å²) in [5.41, 5.74) is 4.28. The number of amides is 1. The van der Waals surface area contributed by atoms with Crippen LogP contribution in [0.5, 0.6) is 0 Å². The van der Waals surface area contributed by atoms with Gasteiger partial charge >= 0.3 is 0 Å². The minimum Gasteiger partial charge on any atom is -0.378 e. The van der Waals surface area contributed by atoms with Crippen molar-refractivity contribution >= 4 is 29.4 Å². The van der Waals surface area contributed by atoms with E-state index >= 15 is 0 Å². The van der Waals surface area contributed by atoms with Gasteiger partial charge in [-0.25, -0.2) is 0 Å². The molecule has 23 heavy (non-hydrogen) atoms. The predicted molar refractivity (Wildman–Crippen MR) is 99.6 cm³/mol. The molecule has 2 aromatic carbocycles. The largest absolute Gasteiger partial charge is 0.378 e. The van der Waals surface area contributed by atoms with Crippen molar-refractivity contribution in [1.82, 2.24) is 0 Å². The van der Waals surface area contributed by atoms with Gasteiger partial charge in [0, 0.05) is 31.4 Å². The third-order valence-electron chi connectivity index (χ3n) is 3.58. The van der Waals surface area contributed by atoms with Crippen LogP contribution in [0.25, 0.3) is 12.2 Å². The van der Waals surface area contributed by atoms with Gasteiger partial charge in [0.25, 0.3) is 0 Å². The van der Waals surface area contributed by atoms with E-state index in [9.17, 15) is 4.79 Å². The lowest BCUT2D eigenvalue weighted by molar-refractivity contribution is -0.118. The van der Waals surface area contributed by atoms with Crippen LogP contribution in [0, 0.1) is 5.92 Å². The zero-order chi connectivity index (χ0) is 16.8. The molecule has 1 amide bonds. The maximum Gasteiger partial charge on any atom is 0.226 e. The van der Waals surface area contributed by atoms with E-state index in [2.05, 4.69) is 46.6 Å². The molecule has 0 radical (unpaired) electrons. The molecule has 0 aliphatic rings. The zero-order valence-corrected chi connectivity index (χ0v) is 14.2. The second-order valence-corrected chi connectivity index (χ2v) is 6.09. The Morgan fingerprint density at radius 1 is 0.913 bits per heavy atom. The fourth-order valence-corrected chi connectivity index (χ4v) is 2.04. The van der Waals surface area contributed by atoms with Crippen LogP contribution in [0.15, 0.2) is 48.5 Å². The Morgan fingerprint density at radius 2 is 1.39 bits per heavy atom. The fourth-order valence-electron chi connectivity index (χ4n) is 2.04. The molecule has 0 saturated heterocycles. The Kier molecular flexibility index (Phi) is 5.58. The zero-order valence-electron chi connectivity index (χ0n) is 14.2. The molecule has 3 heteroatoms. The van der Waals surface area contributed by atoms with E-state index in [0.717, 1.165) is 16.8 Å². The molecular weight excluding hydrogens is 284 g/mol. The van der Waals surface area contributed by atoms with E-state index in [-0.39, 0.29) is 11.8 Å². The van der Waals surface area contributed by atoms with Gasteiger partial charge in [-0.2, -0.15) is 0 Å². The van der Waals surface area contributed by atoms with Crippen molar-refractivity contribution in [3.05, 3.63) is 59.7 Å². The summed E-state index contributed by atoms with van der Waals surface area (Å²) in [4.78, 5) is 13.7. The third-order valence-corrected chi connectivity index (χ3v) is 3.58. The molecule has 120 valence electrons. The number of carbonyl (C=O) groups excluding carboxylic acids is 1. The Morgan fingerprint density at radius 3 is 1.83 bits per heavy atom. The molecule has 1 N–H and O–H groups in total. The van der Waals surface area contributed by atoms with Gasteiger partial charge in [0.2, 0.25) is 5.91 Å². The van der Waals surface area contributed by atoms with Gasteiger partial charge in [-0.15, -0.1) is 0 Å². The highest BCUT2D eigenvalue weighted by molar-refractivity contribution is 5.92. The Bertz CT molecular complexity index is 668. The summed E-state index contributed by atoms with van der Waals surface area (Å²) in [6, 6.07) is 16.3. The highest BCUT2D eigenvalue weighted by atomic mass is 16.1. The highest BCUT2D eigenvalue weighted by Crippen LogP contribution is 2.16. The number of carbonyl (C=O) groups is 1. The molecule has 0 aliphatic heterocycles. The molecular formula is C20H24N2O. The lowest BCUT2D eigenvalue weighted by Crippen LogP contribution is -2.17. The smallest absolute Gasteiger partial charge is 0.226 e. The molecule has 0 heterocycles. The summed E-state index contributed by atoms with van der Waals surface area (Å²) in [7, 11) is 4.06. The molecule has 0 aromatic heterocycles. The number of nitrogens with one attached hydrogen (secondary N) is 1. The van der Waals surface area contributed by atoms with E-state index < -0.39 is 0 Å². The minimum atomic E-state index is -0.0142. The van der Waals surface area contributed by atoms with E-state index in [1.54, 1.807) is 0 Å². The third kappa shape index (κ3) is 4.99. The SMILES string of the molecule is CC(C)C(=O)Nc1ccc(C=Cc2ccc(N(C)C)cc2)cc1. The lowest BCUT2D eigenvalue weighted by Gasteiger charge is -2.11. The number of nitrogens with zero attached hydrogens (tertiary/aromatic N) is 1.